The molecule has 0 aromatic rings. The van der Waals surface area contributed by atoms with Crippen LogP contribution in [0.15, 0.2) is 12.2 Å². The maximum atomic E-state index is 9.35. The Labute approximate surface area is 104 Å². The lowest BCUT2D eigenvalue weighted by atomic mass is 9.70. The van der Waals surface area contributed by atoms with Gasteiger partial charge in [-0.1, -0.05) is 26.0 Å². The van der Waals surface area contributed by atoms with Crippen LogP contribution < -0.4 is 0 Å². The van der Waals surface area contributed by atoms with E-state index in [1.165, 1.54) is 6.42 Å². The molecule has 100 valence electrons. The molecule has 3 atom stereocenters. The Morgan fingerprint density at radius 1 is 1.53 bits per heavy atom. The molecule has 0 bridgehead atoms. The van der Waals surface area contributed by atoms with E-state index in [0.717, 1.165) is 18.4 Å². The van der Waals surface area contributed by atoms with Crippen molar-refractivity contribution in [3.05, 3.63) is 12.2 Å². The van der Waals surface area contributed by atoms with Crippen LogP contribution in [0.1, 0.15) is 40.0 Å². The van der Waals surface area contributed by atoms with E-state index in [4.69, 9.17) is 9.84 Å². The van der Waals surface area contributed by atoms with E-state index < -0.39 is 6.10 Å². The smallest absolute Gasteiger partial charge is 0.100 e. The summed E-state index contributed by atoms with van der Waals surface area (Å²) in [6.07, 6.45) is 2.63. The third-order valence-corrected chi connectivity index (χ3v) is 3.68. The number of aliphatic hydroxyl groups excluding tert-OH is 2. The van der Waals surface area contributed by atoms with Gasteiger partial charge in [0.15, 0.2) is 0 Å². The van der Waals surface area contributed by atoms with Crippen molar-refractivity contribution in [1.29, 1.82) is 0 Å². The molecule has 0 amide bonds. The van der Waals surface area contributed by atoms with Crippen molar-refractivity contribution < 1.29 is 14.9 Å². The maximum Gasteiger partial charge on any atom is 0.100 e. The van der Waals surface area contributed by atoms with Gasteiger partial charge in [0, 0.05) is 5.92 Å². The summed E-state index contributed by atoms with van der Waals surface area (Å²) >= 11 is 0. The summed E-state index contributed by atoms with van der Waals surface area (Å²) in [5.74, 6) is 0.383. The molecule has 17 heavy (non-hydrogen) atoms. The summed E-state index contributed by atoms with van der Waals surface area (Å²) in [6, 6.07) is 0. The molecule has 0 radical (unpaired) electrons. The van der Waals surface area contributed by atoms with E-state index in [0.29, 0.717) is 11.3 Å². The van der Waals surface area contributed by atoms with Gasteiger partial charge in [-0.05, 0) is 31.6 Å². The second-order valence-corrected chi connectivity index (χ2v) is 6.07. The number of hydrogen-bond acceptors (Lipinski definition) is 3. The summed E-state index contributed by atoms with van der Waals surface area (Å²) in [5.41, 5.74) is 1.45. The van der Waals surface area contributed by atoms with Gasteiger partial charge in [0.1, 0.15) is 6.10 Å². The molecule has 2 N–H and O–H groups in total. The molecule has 1 aliphatic rings. The summed E-state index contributed by atoms with van der Waals surface area (Å²) in [7, 11) is 0. The standard InChI is InChI=1S/C14H26O3/c1-10(2)12-5-6-14(3,4)7-13(12)17-9-11(16)8-15/h11-13,15-16H,1,5-9H2,2-4H3. The number of hydrogen-bond donors (Lipinski definition) is 2. The lowest BCUT2D eigenvalue weighted by Crippen LogP contribution is -2.38. The molecule has 3 nitrogen and oxygen atoms in total. The van der Waals surface area contributed by atoms with Gasteiger partial charge in [-0.2, -0.15) is 0 Å². The molecule has 0 spiro atoms. The highest BCUT2D eigenvalue weighted by Gasteiger charge is 2.35. The fourth-order valence-electron chi connectivity index (χ4n) is 2.55. The van der Waals surface area contributed by atoms with Gasteiger partial charge < -0.3 is 14.9 Å². The minimum Gasteiger partial charge on any atom is -0.394 e. The van der Waals surface area contributed by atoms with Crippen molar-refractivity contribution in [3.63, 3.8) is 0 Å². The van der Waals surface area contributed by atoms with Crippen molar-refractivity contribution in [1.82, 2.24) is 0 Å². The molecule has 0 heterocycles. The highest BCUT2D eigenvalue weighted by Crippen LogP contribution is 2.41. The van der Waals surface area contributed by atoms with E-state index in [9.17, 15) is 5.11 Å². The Kier molecular flexibility index (Phi) is 5.17. The first-order chi connectivity index (χ1) is 7.85. The fraction of sp³-hybridized carbons (Fsp3) is 0.857. The van der Waals surface area contributed by atoms with Gasteiger partial charge in [0.05, 0.1) is 19.3 Å². The highest BCUT2D eigenvalue weighted by atomic mass is 16.5. The van der Waals surface area contributed by atoms with Gasteiger partial charge in [-0.15, -0.1) is 0 Å². The van der Waals surface area contributed by atoms with Crippen molar-refractivity contribution in [2.75, 3.05) is 13.2 Å². The molecule has 1 fully saturated rings. The van der Waals surface area contributed by atoms with Gasteiger partial charge in [-0.3, -0.25) is 0 Å². The van der Waals surface area contributed by atoms with Gasteiger partial charge in [-0.25, -0.2) is 0 Å². The van der Waals surface area contributed by atoms with Crippen LogP contribution in [0, 0.1) is 11.3 Å². The topological polar surface area (TPSA) is 49.7 Å². The Balaban J connectivity index is 2.58. The average molecular weight is 242 g/mol. The van der Waals surface area contributed by atoms with Crippen LogP contribution in [0.5, 0.6) is 0 Å². The molecule has 0 aliphatic heterocycles. The molecule has 1 rings (SSSR count). The molecular formula is C14H26O3. The van der Waals surface area contributed by atoms with E-state index in [1.807, 2.05) is 6.92 Å². The zero-order valence-corrected chi connectivity index (χ0v) is 11.3. The van der Waals surface area contributed by atoms with Crippen molar-refractivity contribution in [3.8, 4) is 0 Å². The van der Waals surface area contributed by atoms with Crippen molar-refractivity contribution in [2.24, 2.45) is 11.3 Å². The molecule has 1 aliphatic carbocycles. The second-order valence-electron chi connectivity index (χ2n) is 6.07. The van der Waals surface area contributed by atoms with Crippen LogP contribution in [0.2, 0.25) is 0 Å². The predicted octanol–water partition coefficient (Wildman–Crippen LogP) is 2.13. The van der Waals surface area contributed by atoms with Crippen molar-refractivity contribution in [2.45, 2.75) is 52.2 Å². The normalized spacial score (nSPS) is 29.9. The Morgan fingerprint density at radius 2 is 2.18 bits per heavy atom. The molecule has 0 aromatic heterocycles. The monoisotopic (exact) mass is 242 g/mol. The molecule has 1 saturated carbocycles. The lowest BCUT2D eigenvalue weighted by Gasteiger charge is -2.41. The summed E-state index contributed by atoms with van der Waals surface area (Å²) in [5, 5.41) is 18.1. The SMILES string of the molecule is C=C(C)C1CCC(C)(C)CC1OCC(O)CO. The van der Waals surface area contributed by atoms with Crippen LogP contribution in [0.3, 0.4) is 0 Å². The van der Waals surface area contributed by atoms with E-state index in [1.54, 1.807) is 0 Å². The minimum atomic E-state index is -0.772. The molecule has 3 unspecified atom stereocenters. The summed E-state index contributed by atoms with van der Waals surface area (Å²) in [4.78, 5) is 0. The Morgan fingerprint density at radius 3 is 2.71 bits per heavy atom. The Hall–Kier alpha value is -0.380. The van der Waals surface area contributed by atoms with Crippen LogP contribution in [-0.4, -0.2) is 35.6 Å². The lowest BCUT2D eigenvalue weighted by molar-refractivity contribution is -0.0737. The highest BCUT2D eigenvalue weighted by molar-refractivity contribution is 5.03. The van der Waals surface area contributed by atoms with Crippen LogP contribution in [0.4, 0.5) is 0 Å². The minimum absolute atomic E-state index is 0.123. The van der Waals surface area contributed by atoms with Gasteiger partial charge in [0.25, 0.3) is 0 Å². The quantitative estimate of drug-likeness (QED) is 0.726. The van der Waals surface area contributed by atoms with Gasteiger partial charge >= 0.3 is 0 Å². The summed E-state index contributed by atoms with van der Waals surface area (Å²) < 4.78 is 5.77. The third-order valence-electron chi connectivity index (χ3n) is 3.68. The number of rotatable bonds is 5. The molecule has 0 aromatic carbocycles. The number of aliphatic hydroxyl groups is 2. The predicted molar refractivity (Wildman–Crippen MR) is 68.8 cm³/mol. The number of ether oxygens (including phenoxy) is 1. The zero-order valence-electron chi connectivity index (χ0n) is 11.3. The zero-order chi connectivity index (χ0) is 13.1. The maximum absolute atomic E-state index is 9.35. The fourth-order valence-corrected chi connectivity index (χ4v) is 2.55. The first kappa shape index (κ1) is 14.7. The molecule has 3 heteroatoms. The van der Waals surface area contributed by atoms with E-state index in [-0.39, 0.29) is 19.3 Å². The largest absolute Gasteiger partial charge is 0.394 e. The first-order valence-electron chi connectivity index (χ1n) is 6.41. The van der Waals surface area contributed by atoms with Gasteiger partial charge in [0.2, 0.25) is 0 Å². The van der Waals surface area contributed by atoms with Crippen LogP contribution in [0.25, 0.3) is 0 Å². The van der Waals surface area contributed by atoms with E-state index >= 15 is 0 Å². The van der Waals surface area contributed by atoms with Crippen LogP contribution in [-0.2, 0) is 4.74 Å². The molecular weight excluding hydrogens is 216 g/mol. The Bertz CT molecular complexity index is 260. The van der Waals surface area contributed by atoms with Crippen LogP contribution >= 0.6 is 0 Å². The molecule has 0 saturated heterocycles. The van der Waals surface area contributed by atoms with E-state index in [2.05, 4.69) is 20.4 Å². The van der Waals surface area contributed by atoms with Crippen molar-refractivity contribution >= 4 is 0 Å². The first-order valence-corrected chi connectivity index (χ1v) is 6.41. The third kappa shape index (κ3) is 4.41. The average Bonchev–Trinajstić information content (AvgIpc) is 2.24. The summed E-state index contributed by atoms with van der Waals surface area (Å²) in [6.45, 7) is 10.5. The second kappa shape index (κ2) is 5.98.